The molecule has 0 saturated carbocycles. The zero-order chi connectivity index (χ0) is 26.9. The molecule has 1 aliphatic heterocycles. The number of pyridine rings is 1. The summed E-state index contributed by atoms with van der Waals surface area (Å²) in [5.41, 5.74) is 5.74. The number of hydrogen-bond donors (Lipinski definition) is 2. The number of hydrogen-bond acceptors (Lipinski definition) is 7. The Morgan fingerprint density at radius 3 is 2.72 bits per heavy atom. The number of anilines is 2. The minimum atomic E-state index is -0.203. The van der Waals surface area contributed by atoms with Crippen LogP contribution in [-0.4, -0.2) is 32.6 Å². The van der Waals surface area contributed by atoms with E-state index in [9.17, 15) is 4.79 Å². The van der Waals surface area contributed by atoms with Gasteiger partial charge in [-0.15, -0.1) is 11.3 Å². The number of fused-ring (bicyclic) bond motifs is 1. The van der Waals surface area contributed by atoms with Crippen molar-refractivity contribution in [3.8, 4) is 0 Å². The Bertz CT molecular complexity index is 1700. The highest BCUT2D eigenvalue weighted by Crippen LogP contribution is 2.38. The molecule has 2 N–H and O–H groups in total. The van der Waals surface area contributed by atoms with E-state index in [4.69, 9.17) is 16.6 Å². The summed E-state index contributed by atoms with van der Waals surface area (Å²) >= 11 is 8.41. The number of aromatic nitrogens is 4. The first-order valence-corrected chi connectivity index (χ1v) is 14.4. The highest BCUT2D eigenvalue weighted by atomic mass is 35.5. The number of aryl methyl sites for hydroxylation is 2. The molecule has 0 spiro atoms. The van der Waals surface area contributed by atoms with Crippen LogP contribution in [0, 0.1) is 6.92 Å². The fourth-order valence-electron chi connectivity index (χ4n) is 5.17. The number of benzene rings is 1. The first-order chi connectivity index (χ1) is 19.0. The lowest BCUT2D eigenvalue weighted by Gasteiger charge is -2.21. The van der Waals surface area contributed by atoms with Crippen molar-refractivity contribution in [1.29, 1.82) is 0 Å². The summed E-state index contributed by atoms with van der Waals surface area (Å²) in [6, 6.07) is 10.2. The maximum absolute atomic E-state index is 13.6. The number of nitrogens with zero attached hydrogens (tertiary/aromatic N) is 4. The second kappa shape index (κ2) is 10.9. The minimum Gasteiger partial charge on any atom is -0.324 e. The quantitative estimate of drug-likeness (QED) is 0.286. The third-order valence-electron chi connectivity index (χ3n) is 7.23. The molecule has 0 radical (unpaired) electrons. The van der Waals surface area contributed by atoms with Crippen molar-refractivity contribution < 1.29 is 0 Å². The van der Waals surface area contributed by atoms with Gasteiger partial charge in [0.2, 0.25) is 5.95 Å². The van der Waals surface area contributed by atoms with Crippen LogP contribution >= 0.6 is 22.9 Å². The van der Waals surface area contributed by atoms with Crippen LogP contribution in [0.3, 0.4) is 0 Å². The van der Waals surface area contributed by atoms with Gasteiger partial charge in [0.25, 0.3) is 5.56 Å². The van der Waals surface area contributed by atoms with E-state index in [0.29, 0.717) is 35.2 Å². The zero-order valence-corrected chi connectivity index (χ0v) is 23.4. The lowest BCUT2D eigenvalue weighted by Crippen LogP contribution is -2.26. The number of thiazole rings is 1. The average molecular weight is 557 g/mol. The van der Waals surface area contributed by atoms with E-state index >= 15 is 0 Å². The topological polar surface area (TPSA) is 84.7 Å². The SMILES string of the molecule is CCn1c(=O)c(C2CC=C(c3cnc(C)s3)C=C2Cl)cc2cnc(Nc3ccc(C4=CCNCC4)cc3)nc21. The van der Waals surface area contributed by atoms with Crippen LogP contribution < -0.4 is 16.2 Å². The van der Waals surface area contributed by atoms with E-state index < -0.39 is 0 Å². The van der Waals surface area contributed by atoms with Gasteiger partial charge in [0, 0.05) is 53.1 Å². The summed E-state index contributed by atoms with van der Waals surface area (Å²) in [5, 5.41) is 9.11. The monoisotopic (exact) mass is 556 g/mol. The van der Waals surface area contributed by atoms with Crippen LogP contribution in [0.4, 0.5) is 11.6 Å². The van der Waals surface area contributed by atoms with Gasteiger partial charge in [-0.1, -0.05) is 35.9 Å². The molecule has 3 aromatic heterocycles. The molecule has 1 aromatic carbocycles. The number of rotatable bonds is 6. The van der Waals surface area contributed by atoms with Crippen LogP contribution in [0.5, 0.6) is 0 Å². The Morgan fingerprint density at radius 2 is 2.03 bits per heavy atom. The van der Waals surface area contributed by atoms with E-state index in [-0.39, 0.29) is 11.5 Å². The Morgan fingerprint density at radius 1 is 1.18 bits per heavy atom. The molecule has 4 heterocycles. The molecule has 1 aliphatic carbocycles. The Balaban J connectivity index is 1.27. The Kier molecular flexibility index (Phi) is 7.16. The van der Waals surface area contributed by atoms with Crippen molar-refractivity contribution in [2.75, 3.05) is 18.4 Å². The van der Waals surface area contributed by atoms with E-state index in [1.807, 2.05) is 44.3 Å². The maximum atomic E-state index is 13.6. The highest BCUT2D eigenvalue weighted by Gasteiger charge is 2.24. The molecular formula is C30H29ClN6OS. The predicted molar refractivity (Wildman–Crippen MR) is 161 cm³/mol. The van der Waals surface area contributed by atoms with Crippen molar-refractivity contribution >= 4 is 56.8 Å². The number of halogens is 1. The van der Waals surface area contributed by atoms with Gasteiger partial charge in [-0.25, -0.2) is 9.97 Å². The van der Waals surface area contributed by atoms with E-state index in [0.717, 1.165) is 46.0 Å². The van der Waals surface area contributed by atoms with Crippen LogP contribution in [0.15, 0.2) is 70.8 Å². The zero-order valence-electron chi connectivity index (χ0n) is 21.9. The van der Waals surface area contributed by atoms with Gasteiger partial charge in [-0.05, 0) is 74.2 Å². The maximum Gasteiger partial charge on any atom is 0.256 e. The summed E-state index contributed by atoms with van der Waals surface area (Å²) < 4.78 is 1.71. The van der Waals surface area contributed by atoms with E-state index in [1.165, 1.54) is 11.1 Å². The molecule has 0 amide bonds. The summed E-state index contributed by atoms with van der Waals surface area (Å²) in [7, 11) is 0. The van der Waals surface area contributed by atoms with E-state index in [1.54, 1.807) is 22.1 Å². The molecule has 1 atom stereocenters. The molecule has 1 unspecified atom stereocenters. The number of nitrogens with one attached hydrogen (secondary N) is 2. The highest BCUT2D eigenvalue weighted by molar-refractivity contribution is 7.12. The Labute approximate surface area is 236 Å². The van der Waals surface area contributed by atoms with Gasteiger partial charge in [-0.2, -0.15) is 4.98 Å². The molecular weight excluding hydrogens is 528 g/mol. The fraction of sp³-hybridized carbons (Fsp3) is 0.267. The molecule has 198 valence electrons. The molecule has 39 heavy (non-hydrogen) atoms. The lowest BCUT2D eigenvalue weighted by atomic mass is 9.89. The van der Waals surface area contributed by atoms with Crippen molar-refractivity contribution in [1.82, 2.24) is 24.8 Å². The van der Waals surface area contributed by atoms with Gasteiger partial charge >= 0.3 is 0 Å². The second-order valence-corrected chi connectivity index (χ2v) is 11.4. The van der Waals surface area contributed by atoms with Crippen LogP contribution in [0.25, 0.3) is 22.2 Å². The number of allylic oxidation sites excluding steroid dienone is 4. The standard InChI is InChI=1S/C30H29ClN6OS/c1-3-37-28-22(14-25(29(37)38)24-9-6-21(15-26(24)31)27-17-33-18(2)39-27)16-34-30(36-28)35-23-7-4-19(5-8-23)20-10-12-32-13-11-20/h4-8,10,14-17,24,32H,3,9,11-13H2,1-2H3,(H,34,35,36). The van der Waals surface area contributed by atoms with Gasteiger partial charge in [0.15, 0.2) is 0 Å². The van der Waals surface area contributed by atoms with Gasteiger partial charge in [-0.3, -0.25) is 9.36 Å². The van der Waals surface area contributed by atoms with Crippen molar-refractivity contribution in [3.63, 3.8) is 0 Å². The molecule has 2 aliphatic rings. The Hall–Kier alpha value is -3.59. The second-order valence-electron chi connectivity index (χ2n) is 9.73. The molecule has 4 aromatic rings. The third-order valence-corrected chi connectivity index (χ3v) is 8.56. The molecule has 6 rings (SSSR count). The third kappa shape index (κ3) is 5.20. The summed E-state index contributed by atoms with van der Waals surface area (Å²) in [6.07, 6.45) is 11.7. The van der Waals surface area contributed by atoms with Crippen molar-refractivity contribution in [2.24, 2.45) is 0 Å². The van der Waals surface area contributed by atoms with Crippen LogP contribution in [0.2, 0.25) is 0 Å². The summed E-state index contributed by atoms with van der Waals surface area (Å²) in [6.45, 7) is 6.35. The van der Waals surface area contributed by atoms with Crippen molar-refractivity contribution in [2.45, 2.75) is 39.2 Å². The average Bonchev–Trinajstić information content (AvgIpc) is 3.40. The van der Waals surface area contributed by atoms with E-state index in [2.05, 4.69) is 44.9 Å². The normalized spacial score (nSPS) is 17.5. The lowest BCUT2D eigenvalue weighted by molar-refractivity contribution is 0.717. The molecule has 0 saturated heterocycles. The first-order valence-electron chi connectivity index (χ1n) is 13.2. The van der Waals surface area contributed by atoms with Gasteiger partial charge in [0.05, 0.1) is 9.88 Å². The smallest absolute Gasteiger partial charge is 0.256 e. The predicted octanol–water partition coefficient (Wildman–Crippen LogP) is 6.39. The van der Waals surface area contributed by atoms with Crippen molar-refractivity contribution in [3.05, 3.63) is 97.4 Å². The van der Waals surface area contributed by atoms with Gasteiger partial charge < -0.3 is 10.6 Å². The fourth-order valence-corrected chi connectivity index (χ4v) is 6.29. The molecule has 9 heteroatoms. The largest absolute Gasteiger partial charge is 0.324 e. The summed E-state index contributed by atoms with van der Waals surface area (Å²) in [4.78, 5) is 28.3. The van der Waals surface area contributed by atoms with Crippen LogP contribution in [0.1, 0.15) is 46.7 Å². The molecule has 0 bridgehead atoms. The first kappa shape index (κ1) is 25.7. The molecule has 7 nitrogen and oxygen atoms in total. The van der Waals surface area contributed by atoms with Gasteiger partial charge in [0.1, 0.15) is 5.65 Å². The minimum absolute atomic E-state index is 0.0729. The van der Waals surface area contributed by atoms with Crippen LogP contribution in [-0.2, 0) is 6.54 Å². The molecule has 0 fully saturated rings. The summed E-state index contributed by atoms with van der Waals surface area (Å²) in [5.74, 6) is 0.249.